The molecule has 1 aliphatic carbocycles. The maximum absolute atomic E-state index is 12.9. The van der Waals surface area contributed by atoms with E-state index in [1.807, 2.05) is 12.1 Å². The Bertz CT molecular complexity index is 599. The average molecular weight is 240 g/mol. The van der Waals surface area contributed by atoms with Crippen LogP contribution in [0.3, 0.4) is 0 Å². The number of fused-ring (bicyclic) bond motifs is 1. The van der Waals surface area contributed by atoms with Crippen LogP contribution in [0.15, 0.2) is 42.5 Å². The molecule has 0 atom stereocenters. The number of Topliss-reactive ketones (excluding diaryl/α,β-unsaturated/α-hetero) is 1. The lowest BCUT2D eigenvalue weighted by Gasteiger charge is -2.15. The first-order valence-corrected chi connectivity index (χ1v) is 6.16. The Labute approximate surface area is 105 Å². The van der Waals surface area contributed by atoms with E-state index in [1.54, 1.807) is 12.1 Å². The fourth-order valence-electron chi connectivity index (χ4n) is 2.47. The lowest BCUT2D eigenvalue weighted by molar-refractivity contribution is 0.0972. The molecule has 0 spiro atoms. The molecule has 1 nitrogen and oxygen atoms in total. The quantitative estimate of drug-likeness (QED) is 0.736. The summed E-state index contributed by atoms with van der Waals surface area (Å²) in [6.07, 6.45) is 2.54. The van der Waals surface area contributed by atoms with Gasteiger partial charge in [0.2, 0.25) is 0 Å². The third-order valence-corrected chi connectivity index (χ3v) is 3.43. The number of carbonyl (C=O) groups excluding carboxylic acids is 1. The lowest BCUT2D eigenvalue weighted by atomic mass is 9.88. The van der Waals surface area contributed by atoms with Crippen molar-refractivity contribution in [3.63, 3.8) is 0 Å². The van der Waals surface area contributed by atoms with Crippen molar-refractivity contribution in [1.29, 1.82) is 0 Å². The van der Waals surface area contributed by atoms with Crippen molar-refractivity contribution in [2.75, 3.05) is 0 Å². The van der Waals surface area contributed by atoms with Crippen LogP contribution < -0.4 is 0 Å². The van der Waals surface area contributed by atoms with Gasteiger partial charge in [0.05, 0.1) is 0 Å². The van der Waals surface area contributed by atoms with Gasteiger partial charge in [0.15, 0.2) is 5.78 Å². The number of benzene rings is 2. The van der Waals surface area contributed by atoms with Crippen molar-refractivity contribution in [1.82, 2.24) is 0 Å². The predicted octanol–water partition coefficient (Wildman–Crippen LogP) is 4.01. The molecule has 0 saturated carbocycles. The first-order valence-electron chi connectivity index (χ1n) is 6.16. The van der Waals surface area contributed by atoms with Crippen LogP contribution in [-0.4, -0.2) is 5.78 Å². The molecular weight excluding hydrogens is 227 g/mol. The number of aryl methyl sites for hydroxylation is 1. The smallest absolute Gasteiger partial charge is 0.163 e. The number of rotatable bonds is 1. The van der Waals surface area contributed by atoms with Gasteiger partial charge in [0, 0.05) is 12.0 Å². The molecule has 0 bridgehead atoms. The minimum Gasteiger partial charge on any atom is -0.294 e. The molecule has 0 N–H and O–H groups in total. The van der Waals surface area contributed by atoms with E-state index >= 15 is 0 Å². The van der Waals surface area contributed by atoms with E-state index in [4.69, 9.17) is 0 Å². The van der Waals surface area contributed by atoms with Crippen molar-refractivity contribution >= 4 is 5.78 Å². The summed E-state index contributed by atoms with van der Waals surface area (Å²) in [5, 5.41) is 0. The fourth-order valence-corrected chi connectivity index (χ4v) is 2.47. The molecule has 0 saturated heterocycles. The Kier molecular flexibility index (Phi) is 2.71. The van der Waals surface area contributed by atoms with Crippen molar-refractivity contribution in [3.05, 3.63) is 59.4 Å². The van der Waals surface area contributed by atoms with Crippen LogP contribution in [0.1, 0.15) is 28.8 Å². The van der Waals surface area contributed by atoms with Gasteiger partial charge in [-0.05, 0) is 41.7 Å². The summed E-state index contributed by atoms with van der Waals surface area (Å²) in [6, 6.07) is 12.3. The summed E-state index contributed by atoms with van der Waals surface area (Å²) in [6.45, 7) is 0. The third-order valence-electron chi connectivity index (χ3n) is 3.43. The zero-order valence-electron chi connectivity index (χ0n) is 9.95. The number of carbonyl (C=O) groups is 1. The van der Waals surface area contributed by atoms with Gasteiger partial charge in [-0.2, -0.15) is 0 Å². The second-order valence-electron chi connectivity index (χ2n) is 4.66. The topological polar surface area (TPSA) is 17.1 Å². The van der Waals surface area contributed by atoms with Crippen LogP contribution in [0.4, 0.5) is 4.39 Å². The number of ketones is 1. The normalized spacial score (nSPS) is 14.4. The number of hydrogen-bond acceptors (Lipinski definition) is 1. The molecule has 18 heavy (non-hydrogen) atoms. The molecule has 0 unspecified atom stereocenters. The van der Waals surface area contributed by atoms with E-state index in [2.05, 4.69) is 6.07 Å². The van der Waals surface area contributed by atoms with Gasteiger partial charge in [-0.25, -0.2) is 4.39 Å². The highest BCUT2D eigenvalue weighted by Gasteiger charge is 2.17. The first-order chi connectivity index (χ1) is 8.74. The summed E-state index contributed by atoms with van der Waals surface area (Å²) in [4.78, 5) is 11.7. The van der Waals surface area contributed by atoms with Crippen LogP contribution in [0.5, 0.6) is 0 Å². The van der Waals surface area contributed by atoms with E-state index in [1.165, 1.54) is 12.1 Å². The SMILES string of the molecule is O=C1CCCc2cc(-c3ccc(F)cc3)ccc21. The highest BCUT2D eigenvalue weighted by Crippen LogP contribution is 2.27. The average Bonchev–Trinajstić information content (AvgIpc) is 2.39. The molecule has 0 aliphatic heterocycles. The van der Waals surface area contributed by atoms with Crippen molar-refractivity contribution in [2.24, 2.45) is 0 Å². The van der Waals surface area contributed by atoms with Gasteiger partial charge < -0.3 is 0 Å². The molecule has 0 radical (unpaired) electrons. The van der Waals surface area contributed by atoms with Crippen LogP contribution in [0.2, 0.25) is 0 Å². The van der Waals surface area contributed by atoms with Crippen molar-refractivity contribution < 1.29 is 9.18 Å². The van der Waals surface area contributed by atoms with Gasteiger partial charge in [0.25, 0.3) is 0 Å². The molecule has 1 aliphatic rings. The highest BCUT2D eigenvalue weighted by molar-refractivity contribution is 5.99. The standard InChI is InChI=1S/C16H13FO/c17-14-7-4-11(5-8-14)12-6-9-15-13(10-12)2-1-3-16(15)18/h4-10H,1-3H2. The van der Waals surface area contributed by atoms with Gasteiger partial charge in [-0.3, -0.25) is 4.79 Å². The maximum Gasteiger partial charge on any atom is 0.163 e. The summed E-state index contributed by atoms with van der Waals surface area (Å²) in [5.74, 6) is 0.00814. The maximum atomic E-state index is 12.9. The molecule has 2 aromatic rings. The fraction of sp³-hybridized carbons (Fsp3) is 0.188. The summed E-state index contributed by atoms with van der Waals surface area (Å²) in [5.41, 5.74) is 4.00. The van der Waals surface area contributed by atoms with Crippen LogP contribution in [-0.2, 0) is 6.42 Å². The van der Waals surface area contributed by atoms with Crippen LogP contribution in [0, 0.1) is 5.82 Å². The van der Waals surface area contributed by atoms with E-state index in [0.29, 0.717) is 6.42 Å². The molecule has 3 rings (SSSR count). The Morgan fingerprint density at radius 2 is 1.61 bits per heavy atom. The van der Waals surface area contributed by atoms with E-state index in [-0.39, 0.29) is 11.6 Å². The second-order valence-corrected chi connectivity index (χ2v) is 4.66. The summed E-state index contributed by atoms with van der Waals surface area (Å²) in [7, 11) is 0. The van der Waals surface area contributed by atoms with Gasteiger partial charge in [-0.15, -0.1) is 0 Å². The first kappa shape index (κ1) is 11.1. The van der Waals surface area contributed by atoms with Gasteiger partial charge in [0.1, 0.15) is 5.82 Å². The van der Waals surface area contributed by atoms with Gasteiger partial charge in [-0.1, -0.05) is 30.3 Å². The lowest BCUT2D eigenvalue weighted by Crippen LogP contribution is -2.10. The van der Waals surface area contributed by atoms with Crippen LogP contribution >= 0.6 is 0 Å². The zero-order chi connectivity index (χ0) is 12.5. The minimum atomic E-state index is -0.230. The zero-order valence-corrected chi connectivity index (χ0v) is 9.95. The number of halogens is 1. The van der Waals surface area contributed by atoms with E-state index in [9.17, 15) is 9.18 Å². The molecule has 0 heterocycles. The largest absolute Gasteiger partial charge is 0.294 e. The Balaban J connectivity index is 2.04. The molecule has 0 fully saturated rings. The Hall–Kier alpha value is -1.96. The molecule has 0 amide bonds. The Morgan fingerprint density at radius 3 is 2.39 bits per heavy atom. The highest BCUT2D eigenvalue weighted by atomic mass is 19.1. The second kappa shape index (κ2) is 4.37. The molecule has 0 aromatic heterocycles. The molecule has 90 valence electrons. The third kappa shape index (κ3) is 1.94. The predicted molar refractivity (Wildman–Crippen MR) is 69.1 cm³/mol. The van der Waals surface area contributed by atoms with Crippen molar-refractivity contribution in [3.8, 4) is 11.1 Å². The minimum absolute atomic E-state index is 0.230. The summed E-state index contributed by atoms with van der Waals surface area (Å²) >= 11 is 0. The van der Waals surface area contributed by atoms with E-state index < -0.39 is 0 Å². The van der Waals surface area contributed by atoms with Gasteiger partial charge >= 0.3 is 0 Å². The Morgan fingerprint density at radius 1 is 0.889 bits per heavy atom. The molecule has 2 heteroatoms. The molecule has 2 aromatic carbocycles. The number of hydrogen-bond donors (Lipinski definition) is 0. The van der Waals surface area contributed by atoms with Crippen molar-refractivity contribution in [2.45, 2.75) is 19.3 Å². The summed E-state index contributed by atoms with van der Waals surface area (Å²) < 4.78 is 12.9. The van der Waals surface area contributed by atoms with Crippen LogP contribution in [0.25, 0.3) is 11.1 Å². The monoisotopic (exact) mass is 240 g/mol. The molecular formula is C16H13FO. The van der Waals surface area contributed by atoms with E-state index in [0.717, 1.165) is 35.1 Å².